The fraction of sp³-hybridized carbons (Fsp3) is 0.133. The normalized spacial score (nSPS) is 11.7. The van der Waals surface area contributed by atoms with Crippen molar-refractivity contribution in [2.75, 3.05) is 7.05 Å². The van der Waals surface area contributed by atoms with Gasteiger partial charge in [0, 0.05) is 11.0 Å². The second-order valence-corrected chi connectivity index (χ2v) is 7.33. The molecule has 0 aliphatic carbocycles. The van der Waals surface area contributed by atoms with Gasteiger partial charge in [0.15, 0.2) is 0 Å². The minimum absolute atomic E-state index is 0.189. The van der Waals surface area contributed by atoms with Crippen LogP contribution in [0.25, 0.3) is 6.08 Å². The zero-order valence-corrected chi connectivity index (χ0v) is 13.6. The van der Waals surface area contributed by atoms with E-state index in [2.05, 4.69) is 10.0 Å². The third-order valence-electron chi connectivity index (χ3n) is 2.90. The van der Waals surface area contributed by atoms with E-state index in [4.69, 9.17) is 0 Å². The number of carbonyl (C=O) groups is 1. The van der Waals surface area contributed by atoms with Crippen molar-refractivity contribution < 1.29 is 13.2 Å². The van der Waals surface area contributed by atoms with Crippen LogP contribution in [-0.4, -0.2) is 21.4 Å². The molecule has 0 saturated heterocycles. The first-order chi connectivity index (χ1) is 10.5. The molecule has 0 bridgehead atoms. The first-order valence-electron chi connectivity index (χ1n) is 6.53. The number of sulfonamides is 1. The zero-order chi connectivity index (χ0) is 16.0. The van der Waals surface area contributed by atoms with Crippen molar-refractivity contribution in [3.63, 3.8) is 0 Å². The Morgan fingerprint density at radius 1 is 1.23 bits per heavy atom. The molecule has 0 saturated carbocycles. The van der Waals surface area contributed by atoms with Crippen LogP contribution in [0.1, 0.15) is 10.4 Å². The van der Waals surface area contributed by atoms with Gasteiger partial charge in [0.05, 0.1) is 11.4 Å². The number of carbonyl (C=O) groups excluding carboxylic acids is 1. The second-order valence-electron chi connectivity index (χ2n) is 4.41. The lowest BCUT2D eigenvalue weighted by Gasteiger charge is -2.02. The molecular weight excluding hydrogens is 320 g/mol. The van der Waals surface area contributed by atoms with Crippen molar-refractivity contribution in [3.05, 3.63) is 58.3 Å². The summed E-state index contributed by atoms with van der Waals surface area (Å²) in [6, 6.07) is 10.2. The lowest BCUT2D eigenvalue weighted by molar-refractivity contribution is -0.116. The van der Waals surface area contributed by atoms with Gasteiger partial charge < -0.3 is 5.32 Å². The van der Waals surface area contributed by atoms with Gasteiger partial charge in [-0.2, -0.15) is 0 Å². The van der Waals surface area contributed by atoms with Gasteiger partial charge in [0.2, 0.25) is 15.9 Å². The third-order valence-corrected chi connectivity index (χ3v) is 5.21. The van der Waals surface area contributed by atoms with Gasteiger partial charge in [-0.1, -0.05) is 18.2 Å². The van der Waals surface area contributed by atoms with E-state index in [1.807, 2.05) is 17.5 Å². The maximum Gasteiger partial charge on any atom is 0.244 e. The molecule has 0 fully saturated rings. The number of hydrogen-bond acceptors (Lipinski definition) is 4. The molecule has 1 heterocycles. The summed E-state index contributed by atoms with van der Waals surface area (Å²) in [7, 11) is -2.07. The lowest BCUT2D eigenvalue weighted by Crippen LogP contribution is -2.19. The van der Waals surface area contributed by atoms with Gasteiger partial charge in [-0.25, -0.2) is 13.1 Å². The molecule has 1 aromatic heterocycles. The number of thiophene rings is 1. The summed E-state index contributed by atoms with van der Waals surface area (Å²) in [5, 5.41) is 4.74. The van der Waals surface area contributed by atoms with Gasteiger partial charge in [0.25, 0.3) is 0 Å². The summed E-state index contributed by atoms with van der Waals surface area (Å²) >= 11 is 1.58. The number of amides is 1. The monoisotopic (exact) mass is 336 g/mol. The lowest BCUT2D eigenvalue weighted by atomic mass is 10.2. The van der Waals surface area contributed by atoms with Gasteiger partial charge >= 0.3 is 0 Å². The van der Waals surface area contributed by atoms with Gasteiger partial charge in [-0.15, -0.1) is 11.3 Å². The Morgan fingerprint density at radius 3 is 2.55 bits per heavy atom. The molecule has 0 aliphatic rings. The number of benzene rings is 1. The molecule has 0 unspecified atom stereocenters. The van der Waals surface area contributed by atoms with Crippen LogP contribution in [0.15, 0.2) is 52.7 Å². The first kappa shape index (κ1) is 16.4. The molecule has 1 aromatic carbocycles. The van der Waals surface area contributed by atoms with Crippen LogP contribution in [0, 0.1) is 0 Å². The topological polar surface area (TPSA) is 75.3 Å². The first-order valence-corrected chi connectivity index (χ1v) is 8.89. The predicted molar refractivity (Wildman–Crippen MR) is 87.9 cm³/mol. The van der Waals surface area contributed by atoms with Gasteiger partial charge in [-0.05, 0) is 42.3 Å². The van der Waals surface area contributed by atoms with Gasteiger partial charge in [-0.3, -0.25) is 4.79 Å². The predicted octanol–water partition coefficient (Wildman–Crippen LogP) is 1.99. The van der Waals surface area contributed by atoms with Crippen molar-refractivity contribution in [3.8, 4) is 0 Å². The maximum atomic E-state index is 11.7. The minimum Gasteiger partial charge on any atom is -0.348 e. The van der Waals surface area contributed by atoms with Crippen LogP contribution in [0.2, 0.25) is 0 Å². The average molecular weight is 336 g/mol. The Bertz CT molecular complexity index is 749. The van der Waals surface area contributed by atoms with Crippen molar-refractivity contribution in [2.24, 2.45) is 0 Å². The Kier molecular flexibility index (Phi) is 5.48. The highest BCUT2D eigenvalue weighted by molar-refractivity contribution is 7.89. The summed E-state index contributed by atoms with van der Waals surface area (Å²) in [5.74, 6) is -0.194. The van der Waals surface area contributed by atoms with Crippen LogP contribution in [0.5, 0.6) is 0 Å². The van der Waals surface area contributed by atoms with Gasteiger partial charge in [0.1, 0.15) is 0 Å². The van der Waals surface area contributed by atoms with Crippen LogP contribution in [0.4, 0.5) is 0 Å². The molecule has 22 heavy (non-hydrogen) atoms. The molecule has 0 atom stereocenters. The molecule has 0 spiro atoms. The molecule has 7 heteroatoms. The fourth-order valence-electron chi connectivity index (χ4n) is 1.69. The van der Waals surface area contributed by atoms with E-state index in [9.17, 15) is 13.2 Å². The summed E-state index contributed by atoms with van der Waals surface area (Å²) in [4.78, 5) is 13.0. The second kappa shape index (κ2) is 7.35. The Balaban J connectivity index is 1.94. The number of nitrogens with one attached hydrogen (secondary N) is 2. The molecule has 2 rings (SSSR count). The van der Waals surface area contributed by atoms with Crippen LogP contribution < -0.4 is 10.0 Å². The molecule has 2 aromatic rings. The molecule has 2 N–H and O–H groups in total. The quantitative estimate of drug-likeness (QED) is 0.792. The summed E-state index contributed by atoms with van der Waals surface area (Å²) in [6.07, 6.45) is 3.06. The minimum atomic E-state index is -3.43. The van der Waals surface area contributed by atoms with E-state index >= 15 is 0 Å². The zero-order valence-electron chi connectivity index (χ0n) is 11.9. The Labute approximate surface area is 133 Å². The van der Waals surface area contributed by atoms with E-state index in [1.165, 1.54) is 25.3 Å². The largest absolute Gasteiger partial charge is 0.348 e. The summed E-state index contributed by atoms with van der Waals surface area (Å²) in [6.45, 7) is 0.500. The summed E-state index contributed by atoms with van der Waals surface area (Å²) in [5.41, 5.74) is 0.751. The van der Waals surface area contributed by atoms with E-state index in [-0.39, 0.29) is 10.8 Å². The molecule has 116 valence electrons. The third kappa shape index (κ3) is 4.52. The highest BCUT2D eigenvalue weighted by atomic mass is 32.2. The van der Waals surface area contributed by atoms with Crippen molar-refractivity contribution >= 4 is 33.3 Å². The molecule has 1 amide bonds. The van der Waals surface area contributed by atoms with Crippen molar-refractivity contribution in [2.45, 2.75) is 11.4 Å². The number of hydrogen-bond donors (Lipinski definition) is 2. The molecule has 0 aliphatic heterocycles. The maximum absolute atomic E-state index is 11.7. The smallest absolute Gasteiger partial charge is 0.244 e. The van der Waals surface area contributed by atoms with Crippen LogP contribution in [0.3, 0.4) is 0 Å². The molecule has 0 radical (unpaired) electrons. The van der Waals surface area contributed by atoms with E-state index in [1.54, 1.807) is 29.5 Å². The Hall–Kier alpha value is -1.96. The van der Waals surface area contributed by atoms with Crippen LogP contribution in [-0.2, 0) is 21.4 Å². The van der Waals surface area contributed by atoms with E-state index in [0.29, 0.717) is 6.54 Å². The highest BCUT2D eigenvalue weighted by Gasteiger charge is 2.09. The highest BCUT2D eigenvalue weighted by Crippen LogP contribution is 2.11. The number of rotatable bonds is 6. The van der Waals surface area contributed by atoms with Crippen LogP contribution >= 0.6 is 11.3 Å². The van der Waals surface area contributed by atoms with E-state index < -0.39 is 10.0 Å². The summed E-state index contributed by atoms with van der Waals surface area (Å²) < 4.78 is 25.4. The SMILES string of the molecule is CNS(=O)(=O)c1ccc(/C=C/C(=O)NCc2cccs2)cc1. The standard InChI is InChI=1S/C15H16N2O3S2/c1-16-22(19,20)14-7-4-12(5-8-14)6-9-15(18)17-11-13-3-2-10-21-13/h2-10,16H,11H2,1H3,(H,17,18)/b9-6+. The fourth-order valence-corrected chi connectivity index (χ4v) is 3.07. The molecule has 5 nitrogen and oxygen atoms in total. The Morgan fingerprint density at radius 2 is 1.95 bits per heavy atom. The average Bonchev–Trinajstić information content (AvgIpc) is 3.05. The molecular formula is C15H16N2O3S2. The van der Waals surface area contributed by atoms with Crippen molar-refractivity contribution in [1.82, 2.24) is 10.0 Å². The van der Waals surface area contributed by atoms with E-state index in [0.717, 1.165) is 10.4 Å². The van der Waals surface area contributed by atoms with Crippen molar-refractivity contribution in [1.29, 1.82) is 0 Å².